The summed E-state index contributed by atoms with van der Waals surface area (Å²) < 4.78 is 29.7. The summed E-state index contributed by atoms with van der Waals surface area (Å²) in [5, 5.41) is 12.7. The fourth-order valence-electron chi connectivity index (χ4n) is 3.92. The number of hydrogen-bond acceptors (Lipinski definition) is 9. The number of aliphatic hydroxyl groups is 1. The van der Waals surface area contributed by atoms with E-state index >= 15 is 0 Å². The molecule has 33 heavy (non-hydrogen) atoms. The van der Waals surface area contributed by atoms with Crippen LogP contribution in [0.5, 0.6) is 5.75 Å². The third kappa shape index (κ3) is 4.15. The van der Waals surface area contributed by atoms with Crippen molar-refractivity contribution in [2.45, 2.75) is 24.5 Å². The number of anilines is 1. The Kier molecular flexibility index (Phi) is 5.49. The van der Waals surface area contributed by atoms with Gasteiger partial charge in [-0.05, 0) is 11.5 Å². The molecule has 0 unspecified atom stereocenters. The zero-order chi connectivity index (χ0) is 23.2. The highest BCUT2D eigenvalue weighted by Gasteiger charge is 2.49. The smallest absolute Gasteiger partial charge is 0.470 e. The molecule has 0 saturated carbocycles. The first-order valence-corrected chi connectivity index (χ1v) is 11.5. The van der Waals surface area contributed by atoms with Crippen molar-refractivity contribution < 1.29 is 33.5 Å². The van der Waals surface area contributed by atoms with Crippen LogP contribution in [0.2, 0.25) is 0 Å². The van der Waals surface area contributed by atoms with Crippen LogP contribution in [0, 0.1) is 0 Å². The Hall–Kier alpha value is -3.12. The number of rotatable bonds is 6. The number of nitrogens with zero attached hydrogens (tertiary/aromatic N) is 4. The van der Waals surface area contributed by atoms with E-state index in [1.807, 2.05) is 36.4 Å². The highest BCUT2D eigenvalue weighted by Crippen LogP contribution is 2.44. The molecule has 2 aromatic heterocycles. The van der Waals surface area contributed by atoms with E-state index < -0.39 is 32.4 Å². The number of aliphatic hydroxyl groups excluding tert-OH is 1. The number of nitrogen functional groups attached to an aromatic ring is 1. The lowest BCUT2D eigenvalue weighted by molar-refractivity contribution is -0.0472. The van der Waals surface area contributed by atoms with Gasteiger partial charge in [0.1, 0.15) is 42.5 Å². The highest BCUT2D eigenvalue weighted by atomic mass is 31.2. The minimum Gasteiger partial charge on any atom is -0.490 e. The number of benzene rings is 2. The number of ether oxygens (including phenoxy) is 2. The van der Waals surface area contributed by atoms with Gasteiger partial charge in [-0.3, -0.25) is 9.09 Å². The number of hydrogen-bond donors (Lipinski definition) is 4. The van der Waals surface area contributed by atoms with Gasteiger partial charge >= 0.3 is 7.82 Å². The predicted octanol–water partition coefficient (Wildman–Crippen LogP) is 1.38. The van der Waals surface area contributed by atoms with Crippen molar-refractivity contribution in [3.63, 3.8) is 0 Å². The van der Waals surface area contributed by atoms with E-state index in [1.165, 1.54) is 17.2 Å². The second-order valence-corrected chi connectivity index (χ2v) is 8.68. The van der Waals surface area contributed by atoms with Crippen LogP contribution < -0.4 is 10.5 Å². The van der Waals surface area contributed by atoms with Gasteiger partial charge in [0.2, 0.25) is 0 Å². The van der Waals surface area contributed by atoms with E-state index in [-0.39, 0.29) is 18.1 Å². The largest absolute Gasteiger partial charge is 0.490 e. The standard InChI is InChI=1S/C20H20N5O7P/c21-18-15-19(23-9-22-18)25(10-24-15)20-16(26)17(32-33(27,28)29)14(31-20)8-30-13-7-3-5-11-4-1-2-6-12(11)13/h1-7,9-10,14,16-17,20,26H,8H2,(H2,21,22,23)(H2,27,28,29)/t14-,16-,17-,20-/m1/s1. The zero-order valence-corrected chi connectivity index (χ0v) is 17.9. The lowest BCUT2D eigenvalue weighted by Gasteiger charge is -2.21. The first-order chi connectivity index (χ1) is 15.8. The van der Waals surface area contributed by atoms with E-state index in [0.29, 0.717) is 11.3 Å². The van der Waals surface area contributed by atoms with Crippen LogP contribution in [-0.2, 0) is 13.8 Å². The molecule has 12 nitrogen and oxygen atoms in total. The fraction of sp³-hybridized carbons (Fsp3) is 0.250. The molecule has 1 fully saturated rings. The summed E-state index contributed by atoms with van der Waals surface area (Å²) in [6, 6.07) is 13.1. The van der Waals surface area contributed by atoms with Gasteiger partial charge in [-0.2, -0.15) is 0 Å². The number of fused-ring (bicyclic) bond motifs is 2. The van der Waals surface area contributed by atoms with Crippen LogP contribution in [0.25, 0.3) is 21.9 Å². The molecule has 5 rings (SSSR count). The summed E-state index contributed by atoms with van der Waals surface area (Å²) in [4.78, 5) is 30.9. The summed E-state index contributed by atoms with van der Waals surface area (Å²) >= 11 is 0. The minimum atomic E-state index is -4.95. The second kappa shape index (κ2) is 8.34. The van der Waals surface area contributed by atoms with Crippen molar-refractivity contribution in [1.82, 2.24) is 19.5 Å². The number of imidazole rings is 1. The normalized spacial score (nSPS) is 23.4. The van der Waals surface area contributed by atoms with Crippen molar-refractivity contribution in [2.24, 2.45) is 0 Å². The molecule has 3 heterocycles. The van der Waals surface area contributed by atoms with Gasteiger partial charge in [0.25, 0.3) is 0 Å². The average molecular weight is 473 g/mol. The van der Waals surface area contributed by atoms with E-state index in [1.54, 1.807) is 6.07 Å². The van der Waals surface area contributed by atoms with Gasteiger partial charge in [0.05, 0.1) is 6.33 Å². The monoisotopic (exact) mass is 473 g/mol. The Labute approximate surface area is 186 Å². The molecule has 4 aromatic rings. The molecule has 0 spiro atoms. The Morgan fingerprint density at radius 3 is 2.73 bits per heavy atom. The van der Waals surface area contributed by atoms with E-state index in [9.17, 15) is 19.5 Å². The Morgan fingerprint density at radius 2 is 1.91 bits per heavy atom. The molecule has 0 bridgehead atoms. The maximum atomic E-state index is 11.6. The summed E-state index contributed by atoms with van der Waals surface area (Å²) in [5.41, 5.74) is 6.41. The van der Waals surface area contributed by atoms with Crippen LogP contribution in [0.1, 0.15) is 6.23 Å². The molecule has 5 N–H and O–H groups in total. The number of aromatic nitrogens is 4. The van der Waals surface area contributed by atoms with Crippen molar-refractivity contribution in [2.75, 3.05) is 12.3 Å². The van der Waals surface area contributed by atoms with Crippen molar-refractivity contribution in [3.05, 3.63) is 55.1 Å². The van der Waals surface area contributed by atoms with Gasteiger partial charge in [0.15, 0.2) is 17.7 Å². The molecule has 0 amide bonds. The van der Waals surface area contributed by atoms with Gasteiger partial charge in [0, 0.05) is 5.39 Å². The lowest BCUT2D eigenvalue weighted by atomic mass is 10.1. The molecule has 13 heteroatoms. The molecular weight excluding hydrogens is 453 g/mol. The molecule has 1 aliphatic rings. The lowest BCUT2D eigenvalue weighted by Crippen LogP contribution is -2.36. The first kappa shape index (κ1) is 21.7. The van der Waals surface area contributed by atoms with Crippen LogP contribution in [-0.4, -0.2) is 59.3 Å². The van der Waals surface area contributed by atoms with Crippen molar-refractivity contribution in [1.29, 1.82) is 0 Å². The van der Waals surface area contributed by atoms with Crippen LogP contribution in [0.15, 0.2) is 55.1 Å². The summed E-state index contributed by atoms with van der Waals surface area (Å²) in [5.74, 6) is 0.697. The number of nitrogens with two attached hydrogens (primary N) is 1. The first-order valence-electron chi connectivity index (χ1n) is 9.93. The second-order valence-electron chi connectivity index (χ2n) is 7.49. The topological polar surface area (TPSA) is 175 Å². The van der Waals surface area contributed by atoms with Gasteiger partial charge in [-0.1, -0.05) is 36.4 Å². The van der Waals surface area contributed by atoms with Crippen molar-refractivity contribution >= 4 is 35.6 Å². The molecular formula is C20H20N5O7P. The Bertz CT molecular complexity index is 1350. The molecule has 1 saturated heterocycles. The maximum Gasteiger partial charge on any atom is 0.470 e. The van der Waals surface area contributed by atoms with Crippen molar-refractivity contribution in [3.8, 4) is 5.75 Å². The SMILES string of the molecule is Nc1ncnc2c1ncn2[C@@H]1O[C@H](COc2cccc3ccccc23)[C@@H](OP(=O)(O)O)[C@H]1O. The van der Waals surface area contributed by atoms with Crippen LogP contribution in [0.4, 0.5) is 5.82 Å². The maximum absolute atomic E-state index is 11.6. The average Bonchev–Trinajstić information content (AvgIpc) is 3.34. The summed E-state index contributed by atoms with van der Waals surface area (Å²) in [6.45, 7) is -0.143. The molecule has 4 atom stereocenters. The Balaban J connectivity index is 1.44. The molecule has 172 valence electrons. The molecule has 1 aliphatic heterocycles. The molecule has 0 radical (unpaired) electrons. The van der Waals surface area contributed by atoms with E-state index in [4.69, 9.17) is 19.7 Å². The van der Waals surface area contributed by atoms with Gasteiger partial charge in [-0.25, -0.2) is 19.5 Å². The number of phosphoric acid groups is 1. The van der Waals surface area contributed by atoms with Gasteiger partial charge in [-0.15, -0.1) is 0 Å². The van der Waals surface area contributed by atoms with E-state index in [2.05, 4.69) is 15.0 Å². The summed E-state index contributed by atoms with van der Waals surface area (Å²) in [6.07, 6.45) is -2.39. The third-order valence-electron chi connectivity index (χ3n) is 5.38. The van der Waals surface area contributed by atoms with E-state index in [0.717, 1.165) is 10.8 Å². The zero-order valence-electron chi connectivity index (χ0n) is 17.0. The number of phosphoric ester groups is 1. The van der Waals surface area contributed by atoms with Gasteiger partial charge < -0.3 is 30.1 Å². The summed E-state index contributed by atoms with van der Waals surface area (Å²) in [7, 11) is -4.95. The predicted molar refractivity (Wildman–Crippen MR) is 116 cm³/mol. The molecule has 2 aromatic carbocycles. The minimum absolute atomic E-state index is 0.143. The van der Waals surface area contributed by atoms with Crippen LogP contribution >= 0.6 is 7.82 Å². The molecule has 0 aliphatic carbocycles. The Morgan fingerprint density at radius 1 is 1.12 bits per heavy atom. The fourth-order valence-corrected chi connectivity index (χ4v) is 4.50. The third-order valence-corrected chi connectivity index (χ3v) is 5.90. The highest BCUT2D eigenvalue weighted by molar-refractivity contribution is 7.46. The van der Waals surface area contributed by atoms with Crippen LogP contribution in [0.3, 0.4) is 0 Å². The quantitative estimate of drug-likeness (QED) is 0.298.